The average Bonchev–Trinajstić information content (AvgIpc) is 2.95. The number of aliphatic carboxylic acids is 1. The van der Waals surface area contributed by atoms with E-state index in [1.807, 2.05) is 0 Å². The summed E-state index contributed by atoms with van der Waals surface area (Å²) in [4.78, 5) is 11.0. The topological polar surface area (TPSA) is 49.3 Å². The van der Waals surface area contributed by atoms with E-state index in [2.05, 4.69) is 33.4 Å². The third-order valence-electron chi connectivity index (χ3n) is 4.07. The van der Waals surface area contributed by atoms with E-state index in [-0.39, 0.29) is 12.0 Å². The Morgan fingerprint density at radius 1 is 1.39 bits per heavy atom. The van der Waals surface area contributed by atoms with E-state index in [1.165, 1.54) is 23.1 Å². The summed E-state index contributed by atoms with van der Waals surface area (Å²) in [6, 6.07) is 4.57. The monoisotopic (exact) mass is 309 g/mol. The molecule has 4 heteroatoms. The number of carboxylic acids is 1. The van der Waals surface area contributed by atoms with E-state index in [4.69, 9.17) is 5.11 Å². The number of nitrogens with one attached hydrogen (secondary N) is 1. The van der Waals surface area contributed by atoms with Gasteiger partial charge in [-0.1, -0.05) is 15.9 Å². The zero-order chi connectivity index (χ0) is 12.7. The Morgan fingerprint density at radius 2 is 2.22 bits per heavy atom. The van der Waals surface area contributed by atoms with Gasteiger partial charge >= 0.3 is 5.97 Å². The first-order chi connectivity index (χ1) is 8.65. The van der Waals surface area contributed by atoms with Crippen LogP contribution in [-0.2, 0) is 17.6 Å². The minimum atomic E-state index is -0.684. The zero-order valence-corrected chi connectivity index (χ0v) is 11.7. The molecule has 2 unspecified atom stereocenters. The van der Waals surface area contributed by atoms with Crippen molar-refractivity contribution in [2.45, 2.75) is 31.7 Å². The van der Waals surface area contributed by atoms with Crippen molar-refractivity contribution in [2.24, 2.45) is 5.92 Å². The highest BCUT2D eigenvalue weighted by molar-refractivity contribution is 9.10. The lowest BCUT2D eigenvalue weighted by Crippen LogP contribution is -2.17. The molecule has 2 N–H and O–H groups in total. The molecule has 0 saturated carbocycles. The Balaban J connectivity index is 1.91. The van der Waals surface area contributed by atoms with Crippen LogP contribution in [0, 0.1) is 5.92 Å². The van der Waals surface area contributed by atoms with Gasteiger partial charge in [0.1, 0.15) is 0 Å². The second-order valence-corrected chi connectivity index (χ2v) is 6.13. The fourth-order valence-electron chi connectivity index (χ4n) is 3.17. The third kappa shape index (κ3) is 2.08. The predicted molar refractivity (Wildman–Crippen MR) is 72.7 cm³/mol. The quantitative estimate of drug-likeness (QED) is 0.883. The lowest BCUT2D eigenvalue weighted by molar-refractivity contribution is -0.141. The van der Waals surface area contributed by atoms with E-state index in [9.17, 15) is 4.79 Å². The van der Waals surface area contributed by atoms with Gasteiger partial charge in [-0.3, -0.25) is 4.79 Å². The minimum Gasteiger partial charge on any atom is -0.481 e. The number of fused-ring (bicyclic) bond motifs is 1. The highest BCUT2D eigenvalue weighted by atomic mass is 79.9. The first-order valence-electron chi connectivity index (χ1n) is 6.42. The molecular weight excluding hydrogens is 294 g/mol. The molecule has 1 fully saturated rings. The molecule has 1 saturated heterocycles. The van der Waals surface area contributed by atoms with Gasteiger partial charge in [-0.2, -0.15) is 0 Å². The summed E-state index contributed by atoms with van der Waals surface area (Å²) in [5.74, 6) is -0.928. The number of carbonyl (C=O) groups is 1. The minimum absolute atomic E-state index is 0.204. The molecule has 3 rings (SSSR count). The van der Waals surface area contributed by atoms with Crippen LogP contribution in [0.25, 0.3) is 0 Å². The van der Waals surface area contributed by atoms with Crippen molar-refractivity contribution in [3.8, 4) is 0 Å². The second-order valence-electron chi connectivity index (χ2n) is 5.22. The van der Waals surface area contributed by atoms with Crippen LogP contribution >= 0.6 is 15.9 Å². The van der Waals surface area contributed by atoms with E-state index >= 15 is 0 Å². The molecule has 1 aliphatic carbocycles. The fraction of sp³-hybridized carbons (Fsp3) is 0.500. The van der Waals surface area contributed by atoms with E-state index in [0.29, 0.717) is 13.0 Å². The fourth-order valence-corrected chi connectivity index (χ4v) is 3.69. The van der Waals surface area contributed by atoms with Crippen molar-refractivity contribution in [3.05, 3.63) is 33.3 Å². The maximum Gasteiger partial charge on any atom is 0.307 e. The first kappa shape index (κ1) is 12.2. The molecule has 0 spiro atoms. The van der Waals surface area contributed by atoms with Gasteiger partial charge < -0.3 is 10.4 Å². The second kappa shape index (κ2) is 4.67. The summed E-state index contributed by atoms with van der Waals surface area (Å²) in [5, 5.41) is 12.4. The summed E-state index contributed by atoms with van der Waals surface area (Å²) in [5.41, 5.74) is 4.18. The number of benzene rings is 1. The van der Waals surface area contributed by atoms with Gasteiger partial charge in [0.15, 0.2) is 0 Å². The van der Waals surface area contributed by atoms with E-state index in [1.54, 1.807) is 0 Å². The smallest absolute Gasteiger partial charge is 0.307 e. The van der Waals surface area contributed by atoms with Crippen molar-refractivity contribution >= 4 is 21.9 Å². The maximum absolute atomic E-state index is 11.0. The zero-order valence-electron chi connectivity index (χ0n) is 10.1. The molecule has 1 aromatic rings. The molecule has 1 aliphatic heterocycles. The standard InChI is InChI=1S/C14H16BrNO2/c15-10-4-8-2-1-3-11(8)12(6-10)13-5-9(7-16-13)14(17)18/h4,6,9,13,16H,1-3,5,7H2,(H,17,18). The van der Waals surface area contributed by atoms with Gasteiger partial charge in [0.05, 0.1) is 5.92 Å². The molecule has 0 aromatic heterocycles. The van der Waals surface area contributed by atoms with Crippen molar-refractivity contribution in [2.75, 3.05) is 6.54 Å². The molecule has 1 heterocycles. The molecule has 2 atom stereocenters. The number of hydrogen-bond donors (Lipinski definition) is 2. The number of halogens is 1. The van der Waals surface area contributed by atoms with Gasteiger partial charge in [-0.25, -0.2) is 0 Å². The summed E-state index contributed by atoms with van der Waals surface area (Å²) in [6.45, 7) is 0.585. The lowest BCUT2D eigenvalue weighted by atomic mass is 9.94. The van der Waals surface area contributed by atoms with Gasteiger partial charge in [0, 0.05) is 17.1 Å². The van der Waals surface area contributed by atoms with Crippen LogP contribution < -0.4 is 5.32 Å². The molecule has 0 bridgehead atoms. The molecule has 2 aliphatic rings. The Labute approximate surface area is 115 Å². The summed E-state index contributed by atoms with van der Waals surface area (Å²) < 4.78 is 1.11. The first-order valence-corrected chi connectivity index (χ1v) is 7.22. The van der Waals surface area contributed by atoms with Gasteiger partial charge in [0.25, 0.3) is 0 Å². The molecule has 18 heavy (non-hydrogen) atoms. The van der Waals surface area contributed by atoms with Crippen molar-refractivity contribution in [3.63, 3.8) is 0 Å². The van der Waals surface area contributed by atoms with Crippen LogP contribution in [0.3, 0.4) is 0 Å². The molecule has 0 radical (unpaired) electrons. The van der Waals surface area contributed by atoms with Crippen LogP contribution in [0.15, 0.2) is 16.6 Å². The molecule has 1 aromatic carbocycles. The Bertz CT molecular complexity index is 501. The Morgan fingerprint density at radius 3 is 2.94 bits per heavy atom. The van der Waals surface area contributed by atoms with Crippen molar-refractivity contribution < 1.29 is 9.90 Å². The summed E-state index contributed by atoms with van der Waals surface area (Å²) in [6.07, 6.45) is 4.21. The lowest BCUT2D eigenvalue weighted by Gasteiger charge is -2.16. The average molecular weight is 310 g/mol. The molecular formula is C14H16BrNO2. The third-order valence-corrected chi connectivity index (χ3v) is 4.53. The summed E-state index contributed by atoms with van der Waals surface area (Å²) in [7, 11) is 0. The number of aryl methyl sites for hydroxylation is 1. The SMILES string of the molecule is O=C(O)C1CNC(c2cc(Br)cc3c2CCC3)C1. The number of hydrogen-bond acceptors (Lipinski definition) is 2. The van der Waals surface area contributed by atoms with Crippen molar-refractivity contribution in [1.29, 1.82) is 0 Å². The molecule has 0 amide bonds. The Hall–Kier alpha value is -0.870. The van der Waals surface area contributed by atoms with Crippen LogP contribution in [-0.4, -0.2) is 17.6 Å². The van der Waals surface area contributed by atoms with Gasteiger partial charge in [-0.05, 0) is 54.5 Å². The number of rotatable bonds is 2. The summed E-state index contributed by atoms with van der Waals surface area (Å²) >= 11 is 3.56. The highest BCUT2D eigenvalue weighted by Crippen LogP contribution is 2.36. The number of carboxylic acid groups (broad SMARTS) is 1. The van der Waals surface area contributed by atoms with Crippen molar-refractivity contribution in [1.82, 2.24) is 5.32 Å². The Kier molecular flexibility index (Phi) is 3.16. The van der Waals surface area contributed by atoms with Crippen LogP contribution in [0.4, 0.5) is 0 Å². The van der Waals surface area contributed by atoms with Crippen LogP contribution in [0.2, 0.25) is 0 Å². The van der Waals surface area contributed by atoms with Gasteiger partial charge in [-0.15, -0.1) is 0 Å². The van der Waals surface area contributed by atoms with Crippen LogP contribution in [0.1, 0.15) is 35.6 Å². The van der Waals surface area contributed by atoms with Crippen LogP contribution in [0.5, 0.6) is 0 Å². The predicted octanol–water partition coefficient (Wildman–Crippen LogP) is 2.67. The highest BCUT2D eigenvalue weighted by Gasteiger charge is 2.32. The molecule has 96 valence electrons. The normalized spacial score (nSPS) is 26.3. The molecule has 3 nitrogen and oxygen atoms in total. The van der Waals surface area contributed by atoms with E-state index in [0.717, 1.165) is 17.3 Å². The van der Waals surface area contributed by atoms with E-state index < -0.39 is 5.97 Å². The van der Waals surface area contributed by atoms with Gasteiger partial charge in [0.2, 0.25) is 0 Å². The largest absolute Gasteiger partial charge is 0.481 e. The maximum atomic E-state index is 11.0.